The minimum absolute atomic E-state index is 0.0185. The summed E-state index contributed by atoms with van der Waals surface area (Å²) in [5.74, 6) is 2.33. The number of aliphatic hydroxyl groups excluding tert-OH is 1. The van der Waals surface area contributed by atoms with Crippen molar-refractivity contribution in [3.8, 4) is 0 Å². The highest BCUT2D eigenvalue weighted by atomic mass is 16.3. The summed E-state index contributed by atoms with van der Waals surface area (Å²) >= 11 is 0. The number of unbranched alkanes of at least 4 members (excludes halogenated alkanes) is 3. The molecule has 3 nitrogen and oxygen atoms in total. The van der Waals surface area contributed by atoms with Crippen LogP contribution in [0.2, 0.25) is 0 Å². The molecule has 0 aliphatic heterocycles. The first kappa shape index (κ1) is 22.7. The Morgan fingerprint density at radius 3 is 2.45 bits per heavy atom. The zero-order valence-electron chi connectivity index (χ0n) is 20.6. The molecule has 0 bridgehead atoms. The van der Waals surface area contributed by atoms with Gasteiger partial charge >= 0.3 is 0 Å². The van der Waals surface area contributed by atoms with Crippen LogP contribution in [0.3, 0.4) is 0 Å². The molecular formula is C28H48O3. The van der Waals surface area contributed by atoms with Gasteiger partial charge in [0, 0.05) is 5.41 Å². The Kier molecular flexibility index (Phi) is 5.25. The van der Waals surface area contributed by atoms with Gasteiger partial charge in [-0.2, -0.15) is 0 Å². The zero-order valence-corrected chi connectivity index (χ0v) is 20.6. The Morgan fingerprint density at radius 2 is 1.71 bits per heavy atom. The molecule has 31 heavy (non-hydrogen) atoms. The van der Waals surface area contributed by atoms with Crippen LogP contribution >= 0.6 is 0 Å². The van der Waals surface area contributed by atoms with Gasteiger partial charge in [-0.05, 0) is 106 Å². The molecule has 0 saturated heterocycles. The predicted molar refractivity (Wildman–Crippen MR) is 124 cm³/mol. The van der Waals surface area contributed by atoms with E-state index in [1.165, 1.54) is 38.5 Å². The van der Waals surface area contributed by atoms with E-state index < -0.39 is 11.2 Å². The molecule has 178 valence electrons. The van der Waals surface area contributed by atoms with Crippen LogP contribution < -0.4 is 0 Å². The second-order valence-corrected chi connectivity index (χ2v) is 13.5. The van der Waals surface area contributed by atoms with E-state index in [2.05, 4.69) is 27.7 Å². The van der Waals surface area contributed by atoms with Crippen molar-refractivity contribution in [1.82, 2.24) is 0 Å². The maximum Gasteiger partial charge on any atom is 0.0720 e. The lowest BCUT2D eigenvalue weighted by molar-refractivity contribution is -0.179. The summed E-state index contributed by atoms with van der Waals surface area (Å²) < 4.78 is 0. The zero-order chi connectivity index (χ0) is 22.3. The summed E-state index contributed by atoms with van der Waals surface area (Å²) in [4.78, 5) is 0. The van der Waals surface area contributed by atoms with Gasteiger partial charge < -0.3 is 15.3 Å². The summed E-state index contributed by atoms with van der Waals surface area (Å²) in [5, 5.41) is 33.8. The number of aliphatic hydroxyl groups is 3. The van der Waals surface area contributed by atoms with Gasteiger partial charge in [-0.15, -0.1) is 0 Å². The van der Waals surface area contributed by atoms with Crippen LogP contribution in [0.4, 0.5) is 0 Å². The van der Waals surface area contributed by atoms with Gasteiger partial charge in [-0.1, -0.05) is 46.5 Å². The lowest BCUT2D eigenvalue weighted by atomic mass is 9.43. The Balaban J connectivity index is 1.38. The number of hydrogen-bond acceptors (Lipinski definition) is 3. The van der Waals surface area contributed by atoms with Crippen molar-refractivity contribution in [2.24, 2.45) is 39.9 Å². The van der Waals surface area contributed by atoms with Crippen LogP contribution in [0.15, 0.2) is 0 Å². The van der Waals surface area contributed by atoms with E-state index in [1.807, 2.05) is 0 Å². The third-order valence-electron chi connectivity index (χ3n) is 12.2. The van der Waals surface area contributed by atoms with Gasteiger partial charge in [0.05, 0.1) is 17.3 Å². The average molecular weight is 433 g/mol. The van der Waals surface area contributed by atoms with Crippen LogP contribution in [0.25, 0.3) is 0 Å². The smallest absolute Gasteiger partial charge is 0.0720 e. The number of rotatable bonds is 6. The van der Waals surface area contributed by atoms with Gasteiger partial charge in [0.2, 0.25) is 0 Å². The number of hydrogen-bond donors (Lipinski definition) is 3. The molecule has 5 aliphatic rings. The highest BCUT2D eigenvalue weighted by Gasteiger charge is 2.81. The molecule has 0 aromatic heterocycles. The van der Waals surface area contributed by atoms with E-state index in [4.69, 9.17) is 0 Å². The Hall–Kier alpha value is -0.120. The minimum Gasteiger partial charge on any atom is -0.393 e. The molecule has 5 aliphatic carbocycles. The highest BCUT2D eigenvalue weighted by Crippen LogP contribution is 2.82. The third-order valence-corrected chi connectivity index (χ3v) is 12.2. The van der Waals surface area contributed by atoms with Crippen molar-refractivity contribution in [1.29, 1.82) is 0 Å². The Morgan fingerprint density at radius 1 is 0.935 bits per heavy atom. The standard InChI is InChI=1S/C28H48O3/c1-5-6-7-8-13-26(4,30)23-10-9-21-20-17-28(31)18-27(28)16-19(29)11-15-25(27,3)22(20)12-14-24(21,23)2/h19-23,29-31H,5-18H2,1-4H3/t19-,20?,21?,22?,23-,24-,25+,26-,27+,28+/m0/s1. The van der Waals surface area contributed by atoms with Crippen LogP contribution in [0, 0.1) is 39.9 Å². The largest absolute Gasteiger partial charge is 0.393 e. The molecule has 5 fully saturated rings. The van der Waals surface area contributed by atoms with Gasteiger partial charge in [0.1, 0.15) is 0 Å². The predicted octanol–water partition coefficient (Wildman–Crippen LogP) is 5.84. The van der Waals surface area contributed by atoms with Gasteiger partial charge in [0.25, 0.3) is 0 Å². The van der Waals surface area contributed by atoms with Crippen molar-refractivity contribution >= 4 is 0 Å². The fourth-order valence-corrected chi connectivity index (χ4v) is 10.6. The fraction of sp³-hybridized carbons (Fsp3) is 1.00. The summed E-state index contributed by atoms with van der Waals surface area (Å²) in [5.41, 5.74) is -0.715. The van der Waals surface area contributed by atoms with Crippen molar-refractivity contribution < 1.29 is 15.3 Å². The van der Waals surface area contributed by atoms with E-state index in [1.54, 1.807) is 0 Å². The summed E-state index contributed by atoms with van der Waals surface area (Å²) in [7, 11) is 0. The topological polar surface area (TPSA) is 60.7 Å². The van der Waals surface area contributed by atoms with E-state index >= 15 is 0 Å². The summed E-state index contributed by atoms with van der Waals surface area (Å²) in [6.07, 6.45) is 15.2. The summed E-state index contributed by atoms with van der Waals surface area (Å²) in [6.45, 7) is 9.36. The van der Waals surface area contributed by atoms with Crippen LogP contribution in [-0.4, -0.2) is 32.6 Å². The highest BCUT2D eigenvalue weighted by molar-refractivity contribution is 5.30. The second kappa shape index (κ2) is 7.19. The van der Waals surface area contributed by atoms with E-state index in [-0.39, 0.29) is 22.3 Å². The van der Waals surface area contributed by atoms with Crippen LogP contribution in [0.1, 0.15) is 118 Å². The van der Waals surface area contributed by atoms with Crippen molar-refractivity contribution in [3.63, 3.8) is 0 Å². The first-order valence-electron chi connectivity index (χ1n) is 13.7. The molecule has 5 saturated carbocycles. The van der Waals surface area contributed by atoms with Gasteiger partial charge in [0.15, 0.2) is 0 Å². The lowest BCUT2D eigenvalue weighted by Crippen LogP contribution is -2.59. The average Bonchev–Trinajstić information content (AvgIpc) is 3.11. The normalized spacial score (nSPS) is 54.9. The van der Waals surface area contributed by atoms with E-state index in [0.29, 0.717) is 23.7 Å². The van der Waals surface area contributed by atoms with E-state index in [0.717, 1.165) is 51.4 Å². The summed E-state index contributed by atoms with van der Waals surface area (Å²) in [6, 6.07) is 0. The molecule has 5 rings (SSSR count). The molecule has 0 aromatic carbocycles. The van der Waals surface area contributed by atoms with Crippen molar-refractivity contribution in [2.45, 2.75) is 135 Å². The first-order chi connectivity index (χ1) is 14.5. The van der Waals surface area contributed by atoms with Gasteiger partial charge in [-0.25, -0.2) is 0 Å². The molecule has 3 N–H and O–H groups in total. The monoisotopic (exact) mass is 432 g/mol. The fourth-order valence-electron chi connectivity index (χ4n) is 10.6. The molecule has 10 atom stereocenters. The van der Waals surface area contributed by atoms with Crippen molar-refractivity contribution in [3.05, 3.63) is 0 Å². The second-order valence-electron chi connectivity index (χ2n) is 13.5. The molecule has 0 radical (unpaired) electrons. The SMILES string of the molecule is CCCCCC[C@](C)(O)[C@H]1CCC2C3C[C@@]4(O)C[C@@]45C[C@@H](O)CC[C@]5(C)C3CC[C@@]21C. The maximum atomic E-state index is 11.7. The third kappa shape index (κ3) is 3.01. The Labute approximate surface area is 190 Å². The number of fused-ring (bicyclic) bond motifs is 4. The quantitative estimate of drug-likeness (QED) is 0.462. The van der Waals surface area contributed by atoms with Crippen molar-refractivity contribution in [2.75, 3.05) is 0 Å². The lowest BCUT2D eigenvalue weighted by Gasteiger charge is -2.62. The molecule has 3 unspecified atom stereocenters. The van der Waals surface area contributed by atoms with E-state index in [9.17, 15) is 15.3 Å². The molecule has 1 spiro atoms. The van der Waals surface area contributed by atoms with Crippen LogP contribution in [-0.2, 0) is 0 Å². The molecule has 0 amide bonds. The maximum absolute atomic E-state index is 11.7. The molecule has 0 aromatic rings. The Bertz CT molecular complexity index is 704. The molecule has 3 heteroatoms. The first-order valence-corrected chi connectivity index (χ1v) is 13.7. The van der Waals surface area contributed by atoms with Crippen LogP contribution in [0.5, 0.6) is 0 Å². The molecular weight excluding hydrogens is 384 g/mol. The van der Waals surface area contributed by atoms with Gasteiger partial charge in [-0.3, -0.25) is 0 Å². The minimum atomic E-state index is -0.558. The molecule has 0 heterocycles.